The Kier molecular flexibility index (Phi) is 15.3. The fourth-order valence-corrected chi connectivity index (χ4v) is 2.99. The third kappa shape index (κ3) is 16.2. The molecule has 0 aliphatic carbocycles. The molecule has 1 N–H and O–H groups in total. The largest absolute Gasteiger partial charge is 0.457 e. The highest BCUT2D eigenvalue weighted by Crippen LogP contribution is 2.09. The molecule has 0 saturated heterocycles. The van der Waals surface area contributed by atoms with Crippen molar-refractivity contribution < 1.29 is 38.0 Å². The van der Waals surface area contributed by atoms with Gasteiger partial charge in [-0.2, -0.15) is 0 Å². The van der Waals surface area contributed by atoms with Gasteiger partial charge in [0, 0.05) is 12.1 Å². The van der Waals surface area contributed by atoms with E-state index in [0.29, 0.717) is 63.9 Å². The van der Waals surface area contributed by atoms with Crippen molar-refractivity contribution >= 4 is 12.1 Å². The standard InChI is InChI=1S/C30H39NO8/c1-30(2,3)39-29(33)31-14-16-35-18-20-37-22-21-36-19-17-34-15-8-12-25-11-7-13-27(23-25)28(32)38-24-26-9-5-4-6-10-26/h4-7,9-11,13,23H,14-22,24H2,1-3H3,(H,31,33). The monoisotopic (exact) mass is 541 g/mol. The van der Waals surface area contributed by atoms with Gasteiger partial charge in [0.1, 0.15) is 18.8 Å². The van der Waals surface area contributed by atoms with E-state index in [-0.39, 0.29) is 19.2 Å². The number of ether oxygens (including phenoxy) is 6. The van der Waals surface area contributed by atoms with Crippen molar-refractivity contribution in [2.75, 3.05) is 59.4 Å². The smallest absolute Gasteiger partial charge is 0.407 e. The lowest BCUT2D eigenvalue weighted by molar-refractivity contribution is 0.00125. The summed E-state index contributed by atoms with van der Waals surface area (Å²) < 4.78 is 32.2. The maximum Gasteiger partial charge on any atom is 0.407 e. The van der Waals surface area contributed by atoms with Gasteiger partial charge in [0.15, 0.2) is 0 Å². The molecule has 0 heterocycles. The first-order chi connectivity index (χ1) is 18.8. The first-order valence-electron chi connectivity index (χ1n) is 12.9. The number of hydrogen-bond donors (Lipinski definition) is 1. The quantitative estimate of drug-likeness (QED) is 0.193. The van der Waals surface area contributed by atoms with Gasteiger partial charge in [0.05, 0.1) is 51.8 Å². The zero-order valence-electron chi connectivity index (χ0n) is 23.0. The molecular weight excluding hydrogens is 502 g/mol. The number of amides is 1. The van der Waals surface area contributed by atoms with E-state index in [1.807, 2.05) is 57.2 Å². The van der Waals surface area contributed by atoms with Crippen molar-refractivity contribution in [1.82, 2.24) is 5.32 Å². The number of hydrogen-bond acceptors (Lipinski definition) is 8. The summed E-state index contributed by atoms with van der Waals surface area (Å²) in [6.07, 6.45) is -0.459. The molecule has 0 saturated carbocycles. The zero-order valence-corrected chi connectivity index (χ0v) is 23.0. The number of alkyl carbamates (subject to hydrolysis) is 1. The number of carbonyl (C=O) groups excluding carboxylic acids is 2. The number of nitrogens with one attached hydrogen (secondary N) is 1. The Morgan fingerprint density at radius 3 is 2.10 bits per heavy atom. The molecule has 0 radical (unpaired) electrons. The van der Waals surface area contributed by atoms with Crippen LogP contribution >= 0.6 is 0 Å². The van der Waals surface area contributed by atoms with Crippen LogP contribution in [-0.2, 0) is 35.0 Å². The average molecular weight is 542 g/mol. The van der Waals surface area contributed by atoms with E-state index in [0.717, 1.165) is 5.56 Å². The SMILES string of the molecule is CC(C)(C)OC(=O)NCCOCCOCCOCCOCC#Cc1cccc(C(=O)OCc2ccccc2)c1. The Bertz CT molecular complexity index is 1040. The topological polar surface area (TPSA) is 102 Å². The summed E-state index contributed by atoms with van der Waals surface area (Å²) in [5, 5.41) is 2.62. The van der Waals surface area contributed by atoms with E-state index in [1.54, 1.807) is 18.2 Å². The minimum atomic E-state index is -0.516. The van der Waals surface area contributed by atoms with E-state index in [9.17, 15) is 9.59 Å². The van der Waals surface area contributed by atoms with Crippen LogP contribution < -0.4 is 5.32 Å². The van der Waals surface area contributed by atoms with Crippen LogP contribution in [0.25, 0.3) is 0 Å². The van der Waals surface area contributed by atoms with Crippen LogP contribution in [0.2, 0.25) is 0 Å². The van der Waals surface area contributed by atoms with Crippen LogP contribution in [0.1, 0.15) is 42.3 Å². The molecule has 0 aliphatic rings. The van der Waals surface area contributed by atoms with Gasteiger partial charge in [-0.05, 0) is 44.5 Å². The lowest BCUT2D eigenvalue weighted by Gasteiger charge is -2.19. The lowest BCUT2D eigenvalue weighted by Crippen LogP contribution is -2.34. The first kappa shape index (κ1) is 31.8. The minimum absolute atomic E-state index is 0.225. The predicted molar refractivity (Wildman–Crippen MR) is 146 cm³/mol. The van der Waals surface area contributed by atoms with E-state index in [4.69, 9.17) is 28.4 Å². The molecule has 2 aromatic carbocycles. The Morgan fingerprint density at radius 2 is 1.44 bits per heavy atom. The van der Waals surface area contributed by atoms with Crippen molar-refractivity contribution in [1.29, 1.82) is 0 Å². The molecule has 39 heavy (non-hydrogen) atoms. The summed E-state index contributed by atoms with van der Waals surface area (Å²) in [6, 6.07) is 16.5. The molecule has 9 heteroatoms. The molecule has 2 rings (SSSR count). The van der Waals surface area contributed by atoms with Crippen LogP contribution in [-0.4, -0.2) is 77.1 Å². The second kappa shape index (κ2) is 18.8. The van der Waals surface area contributed by atoms with Crippen molar-refractivity contribution in [3.63, 3.8) is 0 Å². The molecular formula is C30H39NO8. The van der Waals surface area contributed by atoms with Crippen molar-refractivity contribution in [3.05, 3.63) is 71.3 Å². The van der Waals surface area contributed by atoms with E-state index in [1.165, 1.54) is 0 Å². The maximum atomic E-state index is 12.3. The second-order valence-corrected chi connectivity index (χ2v) is 9.26. The summed E-state index contributed by atoms with van der Waals surface area (Å²) >= 11 is 0. The van der Waals surface area contributed by atoms with Gasteiger partial charge in [-0.15, -0.1) is 0 Å². The van der Waals surface area contributed by atoms with Gasteiger partial charge < -0.3 is 33.7 Å². The van der Waals surface area contributed by atoms with Crippen LogP contribution in [0.3, 0.4) is 0 Å². The molecule has 0 spiro atoms. The minimum Gasteiger partial charge on any atom is -0.457 e. The molecule has 0 atom stereocenters. The molecule has 9 nitrogen and oxygen atoms in total. The molecule has 0 aliphatic heterocycles. The lowest BCUT2D eigenvalue weighted by atomic mass is 10.1. The zero-order chi connectivity index (χ0) is 28.2. The van der Waals surface area contributed by atoms with Gasteiger partial charge in [0.2, 0.25) is 0 Å². The Hall–Kier alpha value is -3.42. The van der Waals surface area contributed by atoms with Gasteiger partial charge >= 0.3 is 12.1 Å². The molecule has 0 aromatic heterocycles. The van der Waals surface area contributed by atoms with Crippen LogP contribution in [0, 0.1) is 11.8 Å². The van der Waals surface area contributed by atoms with Crippen molar-refractivity contribution in [2.45, 2.75) is 33.0 Å². The molecule has 1 amide bonds. The third-order valence-corrected chi connectivity index (χ3v) is 4.75. The summed E-state index contributed by atoms with van der Waals surface area (Å²) in [5.74, 6) is 5.53. The number of benzene rings is 2. The van der Waals surface area contributed by atoms with Crippen LogP contribution in [0.15, 0.2) is 54.6 Å². The molecule has 0 unspecified atom stereocenters. The van der Waals surface area contributed by atoms with Crippen molar-refractivity contribution in [2.24, 2.45) is 0 Å². The molecule has 0 bridgehead atoms. The van der Waals surface area contributed by atoms with Gasteiger partial charge in [-0.3, -0.25) is 0 Å². The van der Waals surface area contributed by atoms with Crippen molar-refractivity contribution in [3.8, 4) is 11.8 Å². The summed E-state index contributed by atoms with van der Waals surface area (Å²) in [7, 11) is 0. The molecule has 2 aromatic rings. The van der Waals surface area contributed by atoms with Gasteiger partial charge in [-0.25, -0.2) is 9.59 Å². The highest BCUT2D eigenvalue weighted by atomic mass is 16.6. The first-order valence-corrected chi connectivity index (χ1v) is 12.9. The number of rotatable bonds is 16. The highest BCUT2D eigenvalue weighted by molar-refractivity contribution is 5.89. The van der Waals surface area contributed by atoms with Gasteiger partial charge in [-0.1, -0.05) is 48.2 Å². The number of esters is 1. The second-order valence-electron chi connectivity index (χ2n) is 9.26. The average Bonchev–Trinajstić information content (AvgIpc) is 2.91. The maximum absolute atomic E-state index is 12.3. The fourth-order valence-electron chi connectivity index (χ4n) is 2.99. The summed E-state index contributed by atoms with van der Waals surface area (Å²) in [5.41, 5.74) is 1.58. The summed E-state index contributed by atoms with van der Waals surface area (Å²) in [4.78, 5) is 23.8. The van der Waals surface area contributed by atoms with E-state index in [2.05, 4.69) is 17.2 Å². The fraction of sp³-hybridized carbons (Fsp3) is 0.467. The van der Waals surface area contributed by atoms with E-state index >= 15 is 0 Å². The Morgan fingerprint density at radius 1 is 0.795 bits per heavy atom. The van der Waals surface area contributed by atoms with Crippen LogP contribution in [0.5, 0.6) is 0 Å². The third-order valence-electron chi connectivity index (χ3n) is 4.75. The van der Waals surface area contributed by atoms with Crippen LogP contribution in [0.4, 0.5) is 4.79 Å². The van der Waals surface area contributed by atoms with E-state index < -0.39 is 11.7 Å². The van der Waals surface area contributed by atoms with Gasteiger partial charge in [0.25, 0.3) is 0 Å². The Balaban J connectivity index is 1.43. The summed E-state index contributed by atoms with van der Waals surface area (Å²) in [6.45, 7) is 9.27. The number of carbonyl (C=O) groups is 2. The molecule has 212 valence electrons. The highest BCUT2D eigenvalue weighted by Gasteiger charge is 2.15. The molecule has 0 fully saturated rings. The Labute approximate surface area is 231 Å². The normalized spacial score (nSPS) is 10.8. The predicted octanol–water partition coefficient (Wildman–Crippen LogP) is 3.99.